The van der Waals surface area contributed by atoms with Crippen LogP contribution in [-0.4, -0.2) is 43.1 Å². The number of piperidine rings is 1. The van der Waals surface area contributed by atoms with Crippen molar-refractivity contribution in [3.05, 3.63) is 11.9 Å². The first-order valence-electron chi connectivity index (χ1n) is 7.20. The molecule has 0 radical (unpaired) electrons. The fraction of sp³-hybridized carbons (Fsp3) is 0.643. The lowest BCUT2D eigenvalue weighted by Gasteiger charge is -2.32. The van der Waals surface area contributed by atoms with Gasteiger partial charge in [-0.05, 0) is 12.8 Å². The van der Waals surface area contributed by atoms with Gasteiger partial charge in [0.2, 0.25) is 5.91 Å². The predicted molar refractivity (Wildman–Crippen MR) is 80.0 cm³/mol. The minimum absolute atomic E-state index is 0.0480. The highest BCUT2D eigenvalue weighted by Gasteiger charge is 2.26. The number of hydrogen-bond donors (Lipinski definition) is 2. The molecular formula is C14H23N5O. The molecule has 0 aromatic carbocycles. The topological polar surface area (TPSA) is 70.2 Å². The van der Waals surface area contributed by atoms with Crippen molar-refractivity contribution in [3.63, 3.8) is 0 Å². The molecule has 1 aliphatic rings. The van der Waals surface area contributed by atoms with E-state index in [1.807, 2.05) is 20.0 Å². The molecule has 1 aromatic rings. The summed E-state index contributed by atoms with van der Waals surface area (Å²) in [6.45, 7) is 3.71. The summed E-state index contributed by atoms with van der Waals surface area (Å²) in [7, 11) is 3.55. The van der Waals surface area contributed by atoms with Crippen LogP contribution >= 0.6 is 0 Å². The molecule has 110 valence electrons. The number of rotatable bonds is 4. The van der Waals surface area contributed by atoms with Crippen LogP contribution in [0.2, 0.25) is 0 Å². The average molecular weight is 277 g/mol. The van der Waals surface area contributed by atoms with Crippen molar-refractivity contribution >= 4 is 17.5 Å². The quantitative estimate of drug-likeness (QED) is 0.860. The molecule has 2 rings (SSSR count). The molecule has 6 nitrogen and oxygen atoms in total. The Morgan fingerprint density at radius 2 is 2.25 bits per heavy atom. The summed E-state index contributed by atoms with van der Waals surface area (Å²) >= 11 is 0. The van der Waals surface area contributed by atoms with E-state index in [1.165, 1.54) is 0 Å². The van der Waals surface area contributed by atoms with E-state index in [9.17, 15) is 4.79 Å². The second-order valence-electron chi connectivity index (χ2n) is 5.03. The molecule has 1 amide bonds. The van der Waals surface area contributed by atoms with E-state index in [1.54, 1.807) is 7.05 Å². The molecule has 1 fully saturated rings. The zero-order chi connectivity index (χ0) is 14.5. The molecule has 0 aliphatic carbocycles. The van der Waals surface area contributed by atoms with Crippen molar-refractivity contribution in [3.8, 4) is 0 Å². The molecule has 2 heterocycles. The van der Waals surface area contributed by atoms with Gasteiger partial charge in [0.15, 0.2) is 0 Å². The Morgan fingerprint density at radius 1 is 1.45 bits per heavy atom. The Hall–Kier alpha value is -1.85. The zero-order valence-electron chi connectivity index (χ0n) is 12.4. The first-order chi connectivity index (χ1) is 9.67. The summed E-state index contributed by atoms with van der Waals surface area (Å²) < 4.78 is 0. The van der Waals surface area contributed by atoms with Gasteiger partial charge in [-0.15, -0.1) is 0 Å². The third-order valence-electron chi connectivity index (χ3n) is 3.69. The number of nitrogens with zero attached hydrogens (tertiary/aromatic N) is 3. The number of nitrogens with one attached hydrogen (secondary N) is 2. The van der Waals surface area contributed by atoms with Crippen LogP contribution in [0.15, 0.2) is 6.07 Å². The Morgan fingerprint density at radius 3 is 2.90 bits per heavy atom. The number of aryl methyl sites for hydroxylation is 1. The maximum Gasteiger partial charge on any atom is 0.224 e. The van der Waals surface area contributed by atoms with Gasteiger partial charge in [-0.3, -0.25) is 4.79 Å². The first kappa shape index (κ1) is 14.6. The fourth-order valence-electron chi connectivity index (χ4n) is 2.53. The fourth-order valence-corrected chi connectivity index (χ4v) is 2.53. The van der Waals surface area contributed by atoms with Crippen molar-refractivity contribution in [1.29, 1.82) is 0 Å². The van der Waals surface area contributed by atoms with Crippen LogP contribution in [0, 0.1) is 5.92 Å². The predicted octanol–water partition coefficient (Wildman–Crippen LogP) is 1.04. The highest BCUT2D eigenvalue weighted by atomic mass is 16.1. The monoisotopic (exact) mass is 277 g/mol. The van der Waals surface area contributed by atoms with Gasteiger partial charge in [-0.2, -0.15) is 0 Å². The number of aromatic nitrogens is 2. The molecule has 6 heteroatoms. The summed E-state index contributed by atoms with van der Waals surface area (Å²) in [5, 5.41) is 5.81. The smallest absolute Gasteiger partial charge is 0.224 e. The van der Waals surface area contributed by atoms with Crippen LogP contribution in [0.4, 0.5) is 11.6 Å². The lowest BCUT2D eigenvalue weighted by atomic mass is 9.97. The molecule has 1 atom stereocenters. The van der Waals surface area contributed by atoms with Crippen molar-refractivity contribution in [2.75, 3.05) is 37.4 Å². The second kappa shape index (κ2) is 6.54. The van der Waals surface area contributed by atoms with Gasteiger partial charge < -0.3 is 15.5 Å². The van der Waals surface area contributed by atoms with Gasteiger partial charge in [0.1, 0.15) is 17.5 Å². The van der Waals surface area contributed by atoms with Crippen LogP contribution in [0.25, 0.3) is 0 Å². The van der Waals surface area contributed by atoms with Crippen molar-refractivity contribution in [2.24, 2.45) is 5.92 Å². The van der Waals surface area contributed by atoms with E-state index in [0.29, 0.717) is 0 Å². The highest BCUT2D eigenvalue weighted by molar-refractivity contribution is 5.79. The molecule has 20 heavy (non-hydrogen) atoms. The van der Waals surface area contributed by atoms with Gasteiger partial charge in [0.25, 0.3) is 0 Å². The Bertz CT molecular complexity index is 454. The number of carbonyl (C=O) groups is 1. The number of carbonyl (C=O) groups excluding carboxylic acids is 1. The van der Waals surface area contributed by atoms with E-state index >= 15 is 0 Å². The van der Waals surface area contributed by atoms with E-state index in [2.05, 4.69) is 25.5 Å². The minimum atomic E-state index is 0.0480. The molecular weight excluding hydrogens is 254 g/mol. The largest absolute Gasteiger partial charge is 0.373 e. The summed E-state index contributed by atoms with van der Waals surface area (Å²) in [6.07, 6.45) is 2.76. The molecule has 0 saturated carbocycles. The lowest BCUT2D eigenvalue weighted by molar-refractivity contribution is -0.124. The van der Waals surface area contributed by atoms with Gasteiger partial charge in [0, 0.05) is 39.7 Å². The van der Waals surface area contributed by atoms with E-state index in [-0.39, 0.29) is 11.8 Å². The van der Waals surface area contributed by atoms with Gasteiger partial charge in [-0.25, -0.2) is 9.97 Å². The van der Waals surface area contributed by atoms with E-state index in [0.717, 1.165) is 49.8 Å². The van der Waals surface area contributed by atoms with Gasteiger partial charge >= 0.3 is 0 Å². The maximum atomic E-state index is 11.8. The van der Waals surface area contributed by atoms with Crippen LogP contribution in [0.3, 0.4) is 0 Å². The van der Waals surface area contributed by atoms with E-state index < -0.39 is 0 Å². The lowest BCUT2D eigenvalue weighted by Crippen LogP contribution is -2.42. The van der Waals surface area contributed by atoms with Crippen LogP contribution < -0.4 is 15.5 Å². The zero-order valence-corrected chi connectivity index (χ0v) is 12.4. The molecule has 0 bridgehead atoms. The Labute approximate surface area is 120 Å². The van der Waals surface area contributed by atoms with Crippen LogP contribution in [-0.2, 0) is 11.2 Å². The van der Waals surface area contributed by atoms with Crippen molar-refractivity contribution < 1.29 is 4.79 Å². The third kappa shape index (κ3) is 3.18. The highest BCUT2D eigenvalue weighted by Crippen LogP contribution is 2.23. The molecule has 1 saturated heterocycles. The van der Waals surface area contributed by atoms with E-state index in [4.69, 9.17) is 0 Å². The average Bonchev–Trinajstić information content (AvgIpc) is 2.53. The number of hydrogen-bond acceptors (Lipinski definition) is 5. The molecule has 0 spiro atoms. The second-order valence-corrected chi connectivity index (χ2v) is 5.03. The minimum Gasteiger partial charge on any atom is -0.373 e. The molecule has 2 N–H and O–H groups in total. The summed E-state index contributed by atoms with van der Waals surface area (Å²) in [5.41, 5.74) is 0. The standard InChI is InChI=1S/C14H23N5O/c1-4-11-17-12(15-2)8-13(18-11)19-7-5-6-10(9-19)14(20)16-3/h8,10H,4-7,9H2,1-3H3,(H,16,20)(H,15,17,18). The van der Waals surface area contributed by atoms with Crippen molar-refractivity contribution in [2.45, 2.75) is 26.2 Å². The molecule has 1 unspecified atom stereocenters. The normalized spacial score (nSPS) is 18.8. The Kier molecular flexibility index (Phi) is 4.76. The number of anilines is 2. The first-order valence-corrected chi connectivity index (χ1v) is 7.20. The molecule has 1 aromatic heterocycles. The third-order valence-corrected chi connectivity index (χ3v) is 3.69. The van der Waals surface area contributed by atoms with Crippen molar-refractivity contribution in [1.82, 2.24) is 15.3 Å². The SMILES string of the molecule is CCc1nc(NC)cc(N2CCCC(C(=O)NC)C2)n1. The van der Waals surface area contributed by atoms with Gasteiger partial charge in [-0.1, -0.05) is 6.92 Å². The van der Waals surface area contributed by atoms with Crippen LogP contribution in [0.1, 0.15) is 25.6 Å². The van der Waals surface area contributed by atoms with Crippen LogP contribution in [0.5, 0.6) is 0 Å². The summed E-state index contributed by atoms with van der Waals surface area (Å²) in [5.74, 6) is 2.73. The maximum absolute atomic E-state index is 11.8. The molecule has 1 aliphatic heterocycles. The Balaban J connectivity index is 2.19. The number of amides is 1. The van der Waals surface area contributed by atoms with Gasteiger partial charge in [0.05, 0.1) is 5.92 Å². The summed E-state index contributed by atoms with van der Waals surface area (Å²) in [6, 6.07) is 1.95. The summed E-state index contributed by atoms with van der Waals surface area (Å²) in [4.78, 5) is 23.0.